The van der Waals surface area contributed by atoms with Crippen LogP contribution in [0.15, 0.2) is 48.1 Å². The van der Waals surface area contributed by atoms with E-state index in [9.17, 15) is 0 Å². The molecule has 0 saturated heterocycles. The third kappa shape index (κ3) is 2.72. The Morgan fingerprint density at radius 3 is 2.57 bits per heavy atom. The topological polar surface area (TPSA) is 0 Å². The zero-order chi connectivity index (χ0) is 14.8. The monoisotopic (exact) mass is 293 g/mol. The standard InChI is InChI=1S/C20H25Si/c1-4-5-9-16-14-19-17(15-10-6-7-11-15)12-8-13-18(19)20(16)21(2)3/h6-8,10-13,15H,4-5,9,14H2,1-3H3. The first-order chi connectivity index (χ1) is 10.2. The largest absolute Gasteiger partial charge is 0.0799 e. The molecular formula is C20H25Si. The van der Waals surface area contributed by atoms with Crippen LogP contribution in [-0.4, -0.2) is 8.80 Å². The Labute approximate surface area is 130 Å². The lowest BCUT2D eigenvalue weighted by molar-refractivity contribution is 0.777. The van der Waals surface area contributed by atoms with Crippen molar-refractivity contribution >= 4 is 14.0 Å². The highest BCUT2D eigenvalue weighted by atomic mass is 28.3. The molecule has 0 heterocycles. The van der Waals surface area contributed by atoms with Crippen LogP contribution in [0.5, 0.6) is 0 Å². The number of hydrogen-bond donors (Lipinski definition) is 0. The molecule has 109 valence electrons. The van der Waals surface area contributed by atoms with Crippen LogP contribution in [-0.2, 0) is 6.42 Å². The van der Waals surface area contributed by atoms with Gasteiger partial charge in [0.25, 0.3) is 0 Å². The van der Waals surface area contributed by atoms with Crippen LogP contribution in [0.25, 0.3) is 5.20 Å². The highest BCUT2D eigenvalue weighted by Gasteiger charge is 2.27. The maximum Gasteiger partial charge on any atom is 0.0799 e. The molecule has 0 N–H and O–H groups in total. The molecule has 0 nitrogen and oxygen atoms in total. The Balaban J connectivity index is 2.00. The molecule has 0 fully saturated rings. The molecule has 0 amide bonds. The molecule has 0 aromatic heterocycles. The summed E-state index contributed by atoms with van der Waals surface area (Å²) in [5.41, 5.74) is 6.46. The first kappa shape index (κ1) is 14.6. The van der Waals surface area contributed by atoms with Gasteiger partial charge in [0.2, 0.25) is 0 Å². The Bertz CT molecular complexity index is 605. The van der Waals surface area contributed by atoms with Gasteiger partial charge in [-0.15, -0.1) is 0 Å². The van der Waals surface area contributed by atoms with Gasteiger partial charge < -0.3 is 0 Å². The second-order valence-electron chi connectivity index (χ2n) is 6.43. The molecule has 1 aromatic rings. The lowest BCUT2D eigenvalue weighted by Gasteiger charge is -2.14. The van der Waals surface area contributed by atoms with E-state index in [0.29, 0.717) is 5.92 Å². The molecule has 1 aromatic carbocycles. The van der Waals surface area contributed by atoms with Crippen LogP contribution in [0.3, 0.4) is 0 Å². The minimum Gasteiger partial charge on any atom is -0.0732 e. The summed E-state index contributed by atoms with van der Waals surface area (Å²) in [5, 5.41) is 1.73. The number of rotatable bonds is 5. The maximum absolute atomic E-state index is 2.45. The van der Waals surface area contributed by atoms with Crippen LogP contribution in [0.2, 0.25) is 13.1 Å². The van der Waals surface area contributed by atoms with Crippen LogP contribution in [0.1, 0.15) is 48.8 Å². The van der Waals surface area contributed by atoms with E-state index < -0.39 is 8.80 Å². The molecular weight excluding hydrogens is 268 g/mol. The molecule has 0 atom stereocenters. The molecule has 0 aliphatic heterocycles. The number of allylic oxidation sites excluding steroid dienone is 5. The average Bonchev–Trinajstić information content (AvgIpc) is 3.11. The summed E-state index contributed by atoms with van der Waals surface area (Å²) >= 11 is 0. The second-order valence-corrected chi connectivity index (χ2v) is 8.93. The van der Waals surface area contributed by atoms with Crippen LogP contribution < -0.4 is 0 Å². The summed E-state index contributed by atoms with van der Waals surface area (Å²) in [6.07, 6.45) is 14.1. The highest BCUT2D eigenvalue weighted by Crippen LogP contribution is 2.41. The van der Waals surface area contributed by atoms with Gasteiger partial charge in [0.1, 0.15) is 0 Å². The molecule has 0 unspecified atom stereocenters. The maximum atomic E-state index is 2.45. The normalized spacial score (nSPS) is 17.3. The van der Waals surface area contributed by atoms with Crippen molar-refractivity contribution in [2.75, 3.05) is 0 Å². The quantitative estimate of drug-likeness (QED) is 0.612. The predicted octanol–water partition coefficient (Wildman–Crippen LogP) is 5.69. The predicted molar refractivity (Wildman–Crippen MR) is 95.1 cm³/mol. The van der Waals surface area contributed by atoms with Gasteiger partial charge in [0.15, 0.2) is 0 Å². The van der Waals surface area contributed by atoms with Crippen molar-refractivity contribution in [3.63, 3.8) is 0 Å². The van der Waals surface area contributed by atoms with Crippen LogP contribution >= 0.6 is 0 Å². The molecule has 1 radical (unpaired) electrons. The smallest absolute Gasteiger partial charge is 0.0732 e. The Morgan fingerprint density at radius 1 is 1.14 bits per heavy atom. The molecule has 0 bridgehead atoms. The van der Waals surface area contributed by atoms with Gasteiger partial charge in [-0.3, -0.25) is 0 Å². The van der Waals surface area contributed by atoms with E-state index >= 15 is 0 Å². The first-order valence-electron chi connectivity index (χ1n) is 8.22. The highest BCUT2D eigenvalue weighted by molar-refractivity contribution is 6.77. The van der Waals surface area contributed by atoms with Gasteiger partial charge in [0, 0.05) is 5.92 Å². The number of fused-ring (bicyclic) bond motifs is 1. The first-order valence-corrected chi connectivity index (χ1v) is 10.7. The zero-order valence-electron chi connectivity index (χ0n) is 13.4. The van der Waals surface area contributed by atoms with Gasteiger partial charge in [-0.05, 0) is 36.0 Å². The molecule has 1 heteroatoms. The fraction of sp³-hybridized carbons (Fsp3) is 0.400. The number of unbranched alkanes of at least 4 members (excludes halogenated alkanes) is 1. The summed E-state index contributed by atoms with van der Waals surface area (Å²) in [4.78, 5) is 0. The Morgan fingerprint density at radius 2 is 1.90 bits per heavy atom. The van der Waals surface area contributed by atoms with E-state index in [1.165, 1.54) is 31.2 Å². The van der Waals surface area contributed by atoms with Crippen molar-refractivity contribution in [1.82, 2.24) is 0 Å². The van der Waals surface area contributed by atoms with E-state index in [4.69, 9.17) is 0 Å². The van der Waals surface area contributed by atoms with E-state index in [2.05, 4.69) is 62.5 Å². The van der Waals surface area contributed by atoms with Crippen LogP contribution in [0.4, 0.5) is 0 Å². The summed E-state index contributed by atoms with van der Waals surface area (Å²) in [7, 11) is -0.398. The van der Waals surface area contributed by atoms with Crippen molar-refractivity contribution in [2.45, 2.75) is 51.6 Å². The van der Waals surface area contributed by atoms with Crippen LogP contribution in [0, 0.1) is 0 Å². The molecule has 2 aliphatic carbocycles. The zero-order valence-corrected chi connectivity index (χ0v) is 14.4. The minimum absolute atomic E-state index is 0.398. The minimum atomic E-state index is -0.398. The van der Waals surface area contributed by atoms with E-state index in [1.807, 2.05) is 0 Å². The summed E-state index contributed by atoms with van der Waals surface area (Å²) in [5.74, 6) is 0.496. The third-order valence-electron chi connectivity index (χ3n) is 4.66. The summed E-state index contributed by atoms with van der Waals surface area (Å²) in [6.45, 7) is 7.19. The second kappa shape index (κ2) is 6.19. The summed E-state index contributed by atoms with van der Waals surface area (Å²) in [6, 6.07) is 6.97. The molecule has 2 aliphatic rings. The molecule has 21 heavy (non-hydrogen) atoms. The van der Waals surface area contributed by atoms with Gasteiger partial charge >= 0.3 is 0 Å². The van der Waals surface area contributed by atoms with Gasteiger partial charge in [-0.2, -0.15) is 0 Å². The fourth-order valence-electron chi connectivity index (χ4n) is 3.71. The molecule has 3 rings (SSSR count). The molecule has 0 saturated carbocycles. The summed E-state index contributed by atoms with van der Waals surface area (Å²) < 4.78 is 0. The van der Waals surface area contributed by atoms with Crippen molar-refractivity contribution in [3.8, 4) is 0 Å². The van der Waals surface area contributed by atoms with E-state index in [0.717, 1.165) is 0 Å². The lowest BCUT2D eigenvalue weighted by Crippen LogP contribution is -2.05. The van der Waals surface area contributed by atoms with E-state index in [1.54, 1.807) is 21.9 Å². The lowest BCUT2D eigenvalue weighted by atomic mass is 9.92. The average molecular weight is 294 g/mol. The Hall–Kier alpha value is -1.34. The van der Waals surface area contributed by atoms with Crippen molar-refractivity contribution in [2.24, 2.45) is 0 Å². The van der Waals surface area contributed by atoms with Gasteiger partial charge in [-0.25, -0.2) is 0 Å². The van der Waals surface area contributed by atoms with Crippen molar-refractivity contribution in [1.29, 1.82) is 0 Å². The SMILES string of the molecule is CCCCC1=C([Si](C)C)c2cccc(C3C=CC=C3)c2C1. The molecule has 0 spiro atoms. The van der Waals surface area contributed by atoms with Crippen molar-refractivity contribution in [3.05, 3.63) is 64.8 Å². The number of benzene rings is 1. The fourth-order valence-corrected chi connectivity index (χ4v) is 5.40. The third-order valence-corrected chi connectivity index (χ3v) is 6.29. The van der Waals surface area contributed by atoms with Gasteiger partial charge in [-0.1, -0.05) is 79.7 Å². The van der Waals surface area contributed by atoms with Gasteiger partial charge in [0.05, 0.1) is 8.80 Å². The van der Waals surface area contributed by atoms with Crippen molar-refractivity contribution < 1.29 is 0 Å². The number of hydrogen-bond acceptors (Lipinski definition) is 0. The Kier molecular flexibility index (Phi) is 4.30. The van der Waals surface area contributed by atoms with E-state index in [-0.39, 0.29) is 0 Å².